The summed E-state index contributed by atoms with van der Waals surface area (Å²) in [6.07, 6.45) is 7.22. The number of likely N-dealkylation sites (tertiary alicyclic amines) is 6. The number of ether oxygens (including phenoxy) is 4. The van der Waals surface area contributed by atoms with Crippen LogP contribution in [0.4, 0.5) is 5.69 Å². The Morgan fingerprint density at radius 2 is 0.788 bits per heavy atom. The number of hydrogen-bond donors (Lipinski definition) is 1. The average Bonchev–Trinajstić information content (AvgIpc) is 1.72. The van der Waals surface area contributed by atoms with E-state index in [2.05, 4.69) is 28.6 Å². The fourth-order valence-electron chi connectivity index (χ4n) is 10.5. The second-order valence-corrected chi connectivity index (χ2v) is 24.9. The number of amides is 15. The van der Waals surface area contributed by atoms with Crippen LogP contribution in [0.15, 0.2) is 24.3 Å². The molecule has 0 aromatic heterocycles. The van der Waals surface area contributed by atoms with E-state index in [4.69, 9.17) is 9.47 Å². The highest BCUT2D eigenvalue weighted by Gasteiger charge is 2.41. The monoisotopic (exact) mass is 1390 g/mol. The number of anilines is 1. The molecule has 7 saturated heterocycles. The smallest absolute Gasteiger partial charge is 0.325 e. The maximum Gasteiger partial charge on any atom is 0.325 e. The van der Waals surface area contributed by atoms with Gasteiger partial charge in [0.2, 0.25) is 88.6 Å². The Morgan fingerprint density at radius 3 is 1.12 bits per heavy atom. The van der Waals surface area contributed by atoms with Crippen molar-refractivity contribution < 1.29 is 105 Å². The number of ketones is 1. The van der Waals surface area contributed by atoms with Gasteiger partial charge in [-0.15, -0.1) is 0 Å². The normalized spacial score (nSPS) is 21.7. The molecule has 30 heteroatoms. The van der Waals surface area contributed by atoms with Crippen molar-refractivity contribution in [1.82, 2.24) is 34.7 Å². The number of unbranched alkanes of at least 4 members (excludes halogenated alkanes) is 2. The van der Waals surface area contributed by atoms with Crippen LogP contribution in [-0.2, 0) is 112 Å². The number of esters is 2. The van der Waals surface area contributed by atoms with Crippen LogP contribution in [0.3, 0.4) is 0 Å². The third-order valence-electron chi connectivity index (χ3n) is 16.7. The molecule has 8 rings (SSSR count). The first-order valence-electron chi connectivity index (χ1n) is 33.6. The maximum atomic E-state index is 11.8. The Balaban J connectivity index is 0.000000394. The summed E-state index contributed by atoms with van der Waals surface area (Å²) in [4.78, 5) is 211. The zero-order valence-corrected chi connectivity index (χ0v) is 59.9. The van der Waals surface area contributed by atoms with E-state index in [1.165, 1.54) is 64.0 Å². The van der Waals surface area contributed by atoms with Crippen molar-refractivity contribution in [3.63, 3.8) is 0 Å². The van der Waals surface area contributed by atoms with Gasteiger partial charge >= 0.3 is 11.9 Å². The van der Waals surface area contributed by atoms with Crippen molar-refractivity contribution in [1.29, 1.82) is 0 Å². The van der Waals surface area contributed by atoms with E-state index in [-0.39, 0.29) is 181 Å². The van der Waals surface area contributed by atoms with Gasteiger partial charge in [-0.05, 0) is 30.5 Å². The van der Waals surface area contributed by atoms with E-state index in [0.717, 1.165) is 29.2 Å². The lowest BCUT2D eigenvalue weighted by atomic mass is 10.1. The fraction of sp³-hybridized carbons (Fsp3) is 0.652. The topological polar surface area (TPSA) is 379 Å². The average molecular weight is 1400 g/mol. The summed E-state index contributed by atoms with van der Waals surface area (Å²) in [5, 5.41) is 2.54. The Labute approximate surface area is 579 Å². The molecule has 7 heterocycles. The van der Waals surface area contributed by atoms with Crippen molar-refractivity contribution in [3.05, 3.63) is 29.8 Å². The van der Waals surface area contributed by atoms with Gasteiger partial charge in [0, 0.05) is 146 Å². The predicted molar refractivity (Wildman–Crippen MR) is 355 cm³/mol. The van der Waals surface area contributed by atoms with Gasteiger partial charge in [-0.1, -0.05) is 94.2 Å². The molecular weight excluding hydrogens is 1290 g/mol. The summed E-state index contributed by atoms with van der Waals surface area (Å²) < 4.78 is 19.0. The Morgan fingerprint density at radius 1 is 0.424 bits per heavy atom. The van der Waals surface area contributed by atoms with Crippen LogP contribution in [0.25, 0.3) is 0 Å². The molecule has 550 valence electrons. The number of rotatable bonds is 24. The molecule has 7 fully saturated rings. The predicted octanol–water partition coefficient (Wildman–Crippen LogP) is 3.53. The second kappa shape index (κ2) is 43.6. The van der Waals surface area contributed by atoms with Gasteiger partial charge in [0.25, 0.3) is 0 Å². The van der Waals surface area contributed by atoms with E-state index in [9.17, 15) is 86.3 Å². The second-order valence-electron chi connectivity index (χ2n) is 24.9. The SMILES string of the molecule is CC(=O)NCCN1C(=O)CC(C)C1=O.CCC(=O)CCN1C(=O)CC(C)C1=O.CCCCCOCCN1C(=O)CC(C)C1=O.CCc1ccc(N2C(=O)CC(C)C2=O)cc1.COC(=O)CCN1C(=O)CC(C)C1=O.COC(=O)CN1C(=O)CC(C)C1=O.COCCN1C(=O)CC(C)C1=O. The molecule has 7 aliphatic rings. The molecule has 30 nitrogen and oxygen atoms in total. The van der Waals surface area contributed by atoms with Crippen molar-refractivity contribution >= 4 is 112 Å². The summed E-state index contributed by atoms with van der Waals surface area (Å²) in [5.74, 6) is -4.52. The molecule has 0 aliphatic carbocycles. The minimum atomic E-state index is -0.573. The Hall–Kier alpha value is -8.80. The van der Waals surface area contributed by atoms with E-state index in [1.807, 2.05) is 24.3 Å². The van der Waals surface area contributed by atoms with E-state index < -0.39 is 11.9 Å². The molecule has 7 unspecified atom stereocenters. The number of aryl methyl sites for hydroxylation is 1. The van der Waals surface area contributed by atoms with Gasteiger partial charge in [0.1, 0.15) is 12.3 Å². The van der Waals surface area contributed by atoms with E-state index in [1.54, 1.807) is 62.5 Å². The first-order valence-corrected chi connectivity index (χ1v) is 33.6. The van der Waals surface area contributed by atoms with E-state index >= 15 is 0 Å². The number of methoxy groups -OCH3 is 3. The molecule has 1 aromatic rings. The minimum Gasteiger partial charge on any atom is -0.469 e. The largest absolute Gasteiger partial charge is 0.469 e. The Kier molecular flexibility index (Phi) is 38.0. The van der Waals surface area contributed by atoms with Gasteiger partial charge in [-0.25, -0.2) is 0 Å². The number of hydrogen-bond acceptors (Lipinski definition) is 22. The molecular formula is C69H102N8O22. The van der Waals surface area contributed by atoms with Crippen LogP contribution in [0.5, 0.6) is 0 Å². The van der Waals surface area contributed by atoms with Crippen molar-refractivity contribution in [2.45, 2.75) is 166 Å². The molecule has 0 spiro atoms. The zero-order valence-electron chi connectivity index (χ0n) is 59.9. The summed E-state index contributed by atoms with van der Waals surface area (Å²) in [5.41, 5.74) is 1.90. The first kappa shape index (κ1) is 86.3. The molecule has 7 atom stereocenters. The van der Waals surface area contributed by atoms with E-state index in [0.29, 0.717) is 83.5 Å². The van der Waals surface area contributed by atoms with Crippen molar-refractivity contribution in [3.8, 4) is 0 Å². The van der Waals surface area contributed by atoms with Crippen LogP contribution in [0, 0.1) is 41.4 Å². The number of nitrogens with one attached hydrogen (secondary N) is 1. The standard InChI is InChI=1S/C13H15NO2.C12H21NO3.C10H15NO3.C9H14N2O3.C9H13NO4.C8H11NO4.C8H13NO3/c1-3-10-4-6-11(7-5-10)14-12(15)8-9(2)13(14)16;1-3-4-5-7-16-8-6-13-11(14)9-10(2)12(13)15;1-3-8(12)4-5-11-9(13)6-7(2)10(11)14;1-6-5-8(13)11(9(6)14)4-3-10-7(2)12;1-6-5-7(11)10(9(6)13)4-3-8(12)14-2;1-5-3-6(10)9(8(5)12)4-7(11)13-2;1-6-5-7(10)9(8(6)11)3-4-12-2/h4-7,9H,3,8H2,1-2H3;10H,3-9H2,1-2H3;7H,3-6H2,1-2H3;6H,3-5H2,1-2H3,(H,10,12);6H,3-5H2,1-2H3;5H,3-4H2,1-2H3;6H,3-5H2,1-2H3. The summed E-state index contributed by atoms with van der Waals surface area (Å²) in [6, 6.07) is 7.59. The fourth-order valence-corrected chi connectivity index (χ4v) is 10.5. The summed E-state index contributed by atoms with van der Waals surface area (Å²) in [6.45, 7) is 22.7. The van der Waals surface area contributed by atoms with Crippen LogP contribution in [0.1, 0.15) is 165 Å². The first-order chi connectivity index (χ1) is 46.7. The lowest BCUT2D eigenvalue weighted by Crippen LogP contribution is -2.37. The third kappa shape index (κ3) is 27.4. The summed E-state index contributed by atoms with van der Waals surface area (Å²) in [7, 11) is 4.05. The zero-order chi connectivity index (χ0) is 75.0. The van der Waals surface area contributed by atoms with Crippen molar-refractivity contribution in [2.24, 2.45) is 41.4 Å². The number of imide groups is 7. The number of nitrogens with zero attached hydrogens (tertiary/aromatic N) is 7. The quantitative estimate of drug-likeness (QED) is 0.0878. The van der Waals surface area contributed by atoms with Crippen LogP contribution < -0.4 is 10.2 Å². The lowest BCUT2D eigenvalue weighted by molar-refractivity contribution is -0.150. The molecule has 99 heavy (non-hydrogen) atoms. The maximum absolute atomic E-state index is 11.8. The number of benzene rings is 1. The number of Topliss-reactive ketones (excluding diaryl/α,β-unsaturated/α-hetero) is 1. The highest BCUT2D eigenvalue weighted by atomic mass is 16.5. The molecule has 0 bridgehead atoms. The minimum absolute atomic E-state index is 0.0536. The van der Waals surface area contributed by atoms with Crippen molar-refractivity contribution in [2.75, 3.05) is 91.9 Å². The Bertz CT molecular complexity index is 3020. The molecule has 15 amide bonds. The van der Waals surface area contributed by atoms with Gasteiger partial charge in [0.15, 0.2) is 0 Å². The van der Waals surface area contributed by atoms with Gasteiger partial charge in [-0.3, -0.25) is 121 Å². The van der Waals surface area contributed by atoms with Crippen LogP contribution in [0.2, 0.25) is 0 Å². The van der Waals surface area contributed by atoms with Gasteiger partial charge < -0.3 is 24.3 Å². The number of carbonyl (C=O) groups excluding carboxylic acids is 18. The highest BCUT2D eigenvalue weighted by molar-refractivity contribution is 6.20. The molecule has 1 N–H and O–H groups in total. The number of carbonyl (C=O) groups is 18. The summed E-state index contributed by atoms with van der Waals surface area (Å²) >= 11 is 0. The third-order valence-corrected chi connectivity index (χ3v) is 16.7. The molecule has 0 radical (unpaired) electrons. The highest BCUT2D eigenvalue weighted by Crippen LogP contribution is 2.27. The molecule has 7 aliphatic heterocycles. The van der Waals surface area contributed by atoms with Crippen LogP contribution in [-0.4, -0.2) is 223 Å². The van der Waals surface area contributed by atoms with Gasteiger partial charge in [0.05, 0.1) is 52.6 Å². The van der Waals surface area contributed by atoms with Gasteiger partial charge in [-0.2, -0.15) is 0 Å². The molecule has 1 aromatic carbocycles. The van der Waals surface area contributed by atoms with Crippen LogP contribution >= 0.6 is 0 Å². The lowest BCUT2D eigenvalue weighted by Gasteiger charge is -2.14. The molecule has 0 saturated carbocycles.